The summed E-state index contributed by atoms with van der Waals surface area (Å²) in [5.74, 6) is 0.516. The molecule has 0 atom stereocenters. The molecule has 0 aromatic heterocycles. The number of hydrogen-bond acceptors (Lipinski definition) is 4. The largest absolute Gasteiger partial charge is 0.497 e. The molecule has 0 aliphatic heterocycles. The number of anilines is 1. The minimum absolute atomic E-state index is 0.0779. The lowest BCUT2D eigenvalue weighted by molar-refractivity contribution is -0.112. The Morgan fingerprint density at radius 2 is 1.88 bits per heavy atom. The molecule has 3 aromatic carbocycles. The summed E-state index contributed by atoms with van der Waals surface area (Å²) in [4.78, 5) is 12.7. The number of carbonyl (C=O) groups is 1. The second-order valence-electron chi connectivity index (χ2n) is 6.86. The van der Waals surface area contributed by atoms with Crippen molar-refractivity contribution in [2.45, 2.75) is 13.5 Å². The van der Waals surface area contributed by atoms with Crippen molar-refractivity contribution >= 4 is 40.9 Å². The van der Waals surface area contributed by atoms with Crippen LogP contribution in [0.2, 0.25) is 10.0 Å². The second kappa shape index (κ2) is 10.7. The number of nitrogens with one attached hydrogen (secondary N) is 1. The molecular formula is C25H20Cl2N2O3. The van der Waals surface area contributed by atoms with Gasteiger partial charge in [-0.1, -0.05) is 41.4 Å². The van der Waals surface area contributed by atoms with Crippen LogP contribution in [0.4, 0.5) is 5.69 Å². The fourth-order valence-electron chi connectivity index (χ4n) is 2.86. The first kappa shape index (κ1) is 23.2. The number of hydrogen-bond donors (Lipinski definition) is 1. The Labute approximate surface area is 196 Å². The summed E-state index contributed by atoms with van der Waals surface area (Å²) in [5.41, 5.74) is 2.66. The van der Waals surface area contributed by atoms with E-state index in [-0.39, 0.29) is 12.2 Å². The molecule has 32 heavy (non-hydrogen) atoms. The molecule has 7 heteroatoms. The van der Waals surface area contributed by atoms with Crippen molar-refractivity contribution in [2.75, 3.05) is 12.4 Å². The first-order chi connectivity index (χ1) is 15.4. The molecule has 0 aliphatic carbocycles. The standard InChI is InChI=1S/C25H20Cl2N2O3/c1-16-22(27)4-3-5-23(16)29-25(30)19(14-28)12-18-8-11-21(31-2)13-24(18)32-15-17-6-9-20(26)10-7-17/h3-13H,15H2,1-2H3,(H,29,30)/b19-12+. The third-order valence-electron chi connectivity index (χ3n) is 4.71. The van der Waals surface area contributed by atoms with Crippen LogP contribution in [0, 0.1) is 18.3 Å². The number of halogens is 2. The zero-order valence-corrected chi connectivity index (χ0v) is 19.0. The van der Waals surface area contributed by atoms with Gasteiger partial charge < -0.3 is 14.8 Å². The quantitative estimate of drug-likeness (QED) is 0.321. The predicted octanol–water partition coefficient (Wildman–Crippen LogP) is 6.44. The molecule has 1 N–H and O–H groups in total. The van der Waals surface area contributed by atoms with Crippen LogP contribution < -0.4 is 14.8 Å². The van der Waals surface area contributed by atoms with Gasteiger partial charge in [-0.3, -0.25) is 4.79 Å². The zero-order chi connectivity index (χ0) is 23.1. The van der Waals surface area contributed by atoms with E-state index < -0.39 is 5.91 Å². The van der Waals surface area contributed by atoms with Crippen molar-refractivity contribution in [1.82, 2.24) is 0 Å². The maximum absolute atomic E-state index is 12.7. The molecule has 0 saturated heterocycles. The molecule has 0 spiro atoms. The lowest BCUT2D eigenvalue weighted by Crippen LogP contribution is -2.14. The highest BCUT2D eigenvalue weighted by atomic mass is 35.5. The molecule has 0 saturated carbocycles. The second-order valence-corrected chi connectivity index (χ2v) is 7.70. The van der Waals surface area contributed by atoms with Gasteiger partial charge in [-0.25, -0.2) is 0 Å². The van der Waals surface area contributed by atoms with Crippen LogP contribution >= 0.6 is 23.2 Å². The van der Waals surface area contributed by atoms with E-state index in [0.29, 0.717) is 32.8 Å². The van der Waals surface area contributed by atoms with Crippen molar-refractivity contribution in [3.63, 3.8) is 0 Å². The lowest BCUT2D eigenvalue weighted by Gasteiger charge is -2.12. The molecule has 0 radical (unpaired) electrons. The summed E-state index contributed by atoms with van der Waals surface area (Å²) in [7, 11) is 1.55. The van der Waals surface area contributed by atoms with E-state index in [9.17, 15) is 10.1 Å². The Morgan fingerprint density at radius 1 is 1.12 bits per heavy atom. The number of rotatable bonds is 7. The van der Waals surface area contributed by atoms with Gasteiger partial charge in [0.05, 0.1) is 7.11 Å². The van der Waals surface area contributed by atoms with Gasteiger partial charge in [0.15, 0.2) is 0 Å². The van der Waals surface area contributed by atoms with Gasteiger partial charge >= 0.3 is 0 Å². The molecule has 0 aliphatic rings. The van der Waals surface area contributed by atoms with Gasteiger partial charge in [0, 0.05) is 27.4 Å². The van der Waals surface area contributed by atoms with Gasteiger partial charge in [0.2, 0.25) is 0 Å². The van der Waals surface area contributed by atoms with E-state index in [1.54, 1.807) is 62.6 Å². The van der Waals surface area contributed by atoms with Gasteiger partial charge in [0.1, 0.15) is 29.7 Å². The molecule has 3 aromatic rings. The average molecular weight is 467 g/mol. The molecule has 1 amide bonds. The highest BCUT2D eigenvalue weighted by Crippen LogP contribution is 2.29. The minimum atomic E-state index is -0.544. The Kier molecular flexibility index (Phi) is 7.77. The van der Waals surface area contributed by atoms with Crippen molar-refractivity contribution < 1.29 is 14.3 Å². The molecule has 0 heterocycles. The highest BCUT2D eigenvalue weighted by molar-refractivity contribution is 6.32. The summed E-state index contributed by atoms with van der Waals surface area (Å²) in [6, 6.07) is 19.6. The molecule has 0 bridgehead atoms. The van der Waals surface area contributed by atoms with Crippen LogP contribution in [0.1, 0.15) is 16.7 Å². The monoisotopic (exact) mass is 466 g/mol. The number of carbonyl (C=O) groups excluding carboxylic acids is 1. The first-order valence-corrected chi connectivity index (χ1v) is 10.4. The van der Waals surface area contributed by atoms with Gasteiger partial charge in [0.25, 0.3) is 5.91 Å². The Morgan fingerprint density at radius 3 is 2.56 bits per heavy atom. The number of nitriles is 1. The van der Waals surface area contributed by atoms with Gasteiger partial charge in [-0.05, 0) is 60.5 Å². The zero-order valence-electron chi connectivity index (χ0n) is 17.5. The highest BCUT2D eigenvalue weighted by Gasteiger charge is 2.14. The third-order valence-corrected chi connectivity index (χ3v) is 5.37. The van der Waals surface area contributed by atoms with Gasteiger partial charge in [-0.15, -0.1) is 0 Å². The maximum atomic E-state index is 12.7. The minimum Gasteiger partial charge on any atom is -0.497 e. The van der Waals surface area contributed by atoms with Crippen LogP contribution in [0.15, 0.2) is 66.2 Å². The van der Waals surface area contributed by atoms with E-state index in [1.807, 2.05) is 18.2 Å². The normalized spacial score (nSPS) is 10.9. The van der Waals surface area contributed by atoms with Crippen molar-refractivity contribution in [2.24, 2.45) is 0 Å². The SMILES string of the molecule is COc1ccc(/C=C(\C#N)C(=O)Nc2cccc(Cl)c2C)c(OCc2ccc(Cl)cc2)c1. The van der Waals surface area contributed by atoms with Crippen molar-refractivity contribution in [1.29, 1.82) is 5.26 Å². The maximum Gasteiger partial charge on any atom is 0.266 e. The average Bonchev–Trinajstić information content (AvgIpc) is 2.80. The fraction of sp³-hybridized carbons (Fsp3) is 0.120. The number of methoxy groups -OCH3 is 1. The summed E-state index contributed by atoms with van der Waals surface area (Å²) in [5, 5.41) is 13.5. The summed E-state index contributed by atoms with van der Waals surface area (Å²) >= 11 is 12.0. The number of amides is 1. The van der Waals surface area contributed by atoms with E-state index in [1.165, 1.54) is 6.08 Å². The Bertz CT molecular complexity index is 1200. The first-order valence-electron chi connectivity index (χ1n) is 9.65. The van der Waals surface area contributed by atoms with E-state index in [0.717, 1.165) is 11.1 Å². The summed E-state index contributed by atoms with van der Waals surface area (Å²) in [6.07, 6.45) is 1.48. The van der Waals surface area contributed by atoms with Crippen LogP contribution in [0.25, 0.3) is 6.08 Å². The lowest BCUT2D eigenvalue weighted by atomic mass is 10.1. The molecule has 162 valence electrons. The topological polar surface area (TPSA) is 71.3 Å². The smallest absolute Gasteiger partial charge is 0.266 e. The Balaban J connectivity index is 1.87. The Hall–Kier alpha value is -3.46. The van der Waals surface area contributed by atoms with Gasteiger partial charge in [-0.2, -0.15) is 5.26 Å². The van der Waals surface area contributed by atoms with E-state index in [4.69, 9.17) is 32.7 Å². The van der Waals surface area contributed by atoms with Crippen molar-refractivity contribution in [3.05, 3.63) is 93.0 Å². The summed E-state index contributed by atoms with van der Waals surface area (Å²) in [6.45, 7) is 2.07. The molecular weight excluding hydrogens is 447 g/mol. The van der Waals surface area contributed by atoms with Crippen LogP contribution in [0.3, 0.4) is 0 Å². The van der Waals surface area contributed by atoms with Crippen LogP contribution in [-0.2, 0) is 11.4 Å². The molecule has 0 unspecified atom stereocenters. The molecule has 3 rings (SSSR count). The third kappa shape index (κ3) is 5.82. The van der Waals surface area contributed by atoms with Crippen LogP contribution in [-0.4, -0.2) is 13.0 Å². The summed E-state index contributed by atoms with van der Waals surface area (Å²) < 4.78 is 11.2. The number of benzene rings is 3. The van der Waals surface area contributed by atoms with Crippen LogP contribution in [0.5, 0.6) is 11.5 Å². The molecule has 0 fully saturated rings. The van der Waals surface area contributed by atoms with Crippen molar-refractivity contribution in [3.8, 4) is 17.6 Å². The fourth-order valence-corrected chi connectivity index (χ4v) is 3.16. The van der Waals surface area contributed by atoms with E-state index >= 15 is 0 Å². The number of nitrogens with zero attached hydrogens (tertiary/aromatic N) is 1. The predicted molar refractivity (Wildman–Crippen MR) is 127 cm³/mol. The van der Waals surface area contributed by atoms with E-state index in [2.05, 4.69) is 5.32 Å². The molecule has 5 nitrogen and oxygen atoms in total. The number of ether oxygens (including phenoxy) is 2.